The number of thiophene rings is 1. The lowest BCUT2D eigenvalue weighted by molar-refractivity contribution is -0.123. The molecule has 1 amide bonds. The van der Waals surface area contributed by atoms with E-state index in [9.17, 15) is 4.79 Å². The van der Waals surface area contributed by atoms with E-state index >= 15 is 0 Å². The van der Waals surface area contributed by atoms with Gasteiger partial charge in [-0.3, -0.25) is 9.69 Å². The van der Waals surface area contributed by atoms with Crippen LogP contribution < -0.4 is 10.6 Å². The molecule has 1 saturated heterocycles. The molecule has 0 unspecified atom stereocenters. The number of anilines is 1. The minimum Gasteiger partial charge on any atom is -0.378 e. The molecule has 2 N–H and O–H groups in total. The first-order chi connectivity index (χ1) is 13.7. The van der Waals surface area contributed by atoms with Crippen LogP contribution in [0.3, 0.4) is 0 Å². The highest BCUT2D eigenvalue weighted by molar-refractivity contribution is 7.17. The molecule has 1 aromatic carbocycles. The van der Waals surface area contributed by atoms with Gasteiger partial charge in [0.05, 0.1) is 6.10 Å². The van der Waals surface area contributed by atoms with Gasteiger partial charge < -0.3 is 15.4 Å². The third-order valence-corrected chi connectivity index (χ3v) is 7.12. The Balaban J connectivity index is 1.15. The van der Waals surface area contributed by atoms with Gasteiger partial charge >= 0.3 is 0 Å². The number of ether oxygens (including phenoxy) is 1. The molecule has 4 rings (SSSR count). The fourth-order valence-corrected chi connectivity index (χ4v) is 5.33. The first-order valence-corrected chi connectivity index (χ1v) is 11.4. The van der Waals surface area contributed by atoms with Crippen LogP contribution in [0.25, 0.3) is 10.1 Å². The van der Waals surface area contributed by atoms with Gasteiger partial charge in [-0.25, -0.2) is 0 Å². The highest BCUT2D eigenvalue weighted by Crippen LogP contribution is 2.31. The number of hydrogen-bond acceptors (Lipinski definition) is 5. The highest BCUT2D eigenvalue weighted by Gasteiger charge is 2.25. The number of carbonyl (C=O) groups is 1. The summed E-state index contributed by atoms with van der Waals surface area (Å²) in [5, 5.41) is 3.57. The molecular weight excluding hydrogens is 370 g/mol. The van der Waals surface area contributed by atoms with Crippen LogP contribution >= 0.6 is 11.3 Å². The lowest BCUT2D eigenvalue weighted by atomic mass is 9.87. The largest absolute Gasteiger partial charge is 0.378 e. The number of amides is 1. The quantitative estimate of drug-likeness (QED) is 0.722. The normalized spacial score (nSPS) is 23.9. The van der Waals surface area contributed by atoms with Gasteiger partial charge in [0.15, 0.2) is 0 Å². The Morgan fingerprint density at radius 2 is 1.89 bits per heavy atom. The Morgan fingerprint density at radius 3 is 2.64 bits per heavy atom. The van der Waals surface area contributed by atoms with Crippen LogP contribution in [0, 0.1) is 5.92 Å². The minimum absolute atomic E-state index is 0.0658. The molecule has 1 aliphatic carbocycles. The predicted molar refractivity (Wildman–Crippen MR) is 116 cm³/mol. The summed E-state index contributed by atoms with van der Waals surface area (Å²) in [5.41, 5.74) is 6.78. The first kappa shape index (κ1) is 19.7. The monoisotopic (exact) mass is 401 g/mol. The number of rotatable bonds is 7. The molecular formula is C22H31N3O2S. The van der Waals surface area contributed by atoms with Gasteiger partial charge in [-0.1, -0.05) is 6.07 Å². The van der Waals surface area contributed by atoms with Crippen LogP contribution in [0.1, 0.15) is 32.1 Å². The number of primary amides is 1. The highest BCUT2D eigenvalue weighted by atomic mass is 32.1. The van der Waals surface area contributed by atoms with E-state index in [0.717, 1.165) is 71.4 Å². The van der Waals surface area contributed by atoms with E-state index in [1.165, 1.54) is 15.8 Å². The fourth-order valence-electron chi connectivity index (χ4n) is 4.52. The average Bonchev–Trinajstić information content (AvgIpc) is 3.21. The summed E-state index contributed by atoms with van der Waals surface area (Å²) in [5.74, 6) is -0.0797. The fraction of sp³-hybridized carbons (Fsp3) is 0.591. The number of nitrogens with zero attached hydrogens (tertiary/aromatic N) is 2. The van der Waals surface area contributed by atoms with Crippen LogP contribution in [-0.2, 0) is 9.53 Å². The molecule has 152 valence electrons. The summed E-state index contributed by atoms with van der Waals surface area (Å²) in [7, 11) is 0. The molecule has 0 atom stereocenters. The second-order valence-corrected chi connectivity index (χ2v) is 8.99. The van der Waals surface area contributed by atoms with E-state index in [0.29, 0.717) is 6.10 Å². The van der Waals surface area contributed by atoms with E-state index in [-0.39, 0.29) is 11.8 Å². The van der Waals surface area contributed by atoms with Crippen molar-refractivity contribution in [2.45, 2.75) is 38.2 Å². The lowest BCUT2D eigenvalue weighted by Crippen LogP contribution is -2.46. The summed E-state index contributed by atoms with van der Waals surface area (Å²) in [6.07, 6.45) is 5.12. The van der Waals surface area contributed by atoms with E-state index in [1.54, 1.807) is 0 Å². The zero-order valence-electron chi connectivity index (χ0n) is 16.5. The molecule has 6 heteroatoms. The second-order valence-electron chi connectivity index (χ2n) is 8.04. The van der Waals surface area contributed by atoms with E-state index in [2.05, 4.69) is 39.4 Å². The van der Waals surface area contributed by atoms with Crippen molar-refractivity contribution in [2.75, 3.05) is 44.2 Å². The zero-order valence-corrected chi connectivity index (χ0v) is 17.3. The van der Waals surface area contributed by atoms with Gasteiger partial charge in [-0.15, -0.1) is 11.3 Å². The molecule has 0 spiro atoms. The van der Waals surface area contributed by atoms with E-state index in [4.69, 9.17) is 10.5 Å². The van der Waals surface area contributed by atoms with Crippen LogP contribution in [0.15, 0.2) is 29.6 Å². The van der Waals surface area contributed by atoms with E-state index < -0.39 is 0 Å². The predicted octanol–water partition coefficient (Wildman–Crippen LogP) is 3.47. The SMILES string of the molecule is NC(=O)C1CCC(OCCCN2CCN(c3cccc4sccc34)CC2)CC1. The Morgan fingerprint density at radius 1 is 1.11 bits per heavy atom. The van der Waals surface area contributed by atoms with Gasteiger partial charge in [0.25, 0.3) is 0 Å². The minimum atomic E-state index is -0.146. The topological polar surface area (TPSA) is 58.8 Å². The van der Waals surface area contributed by atoms with Crippen molar-refractivity contribution in [1.29, 1.82) is 0 Å². The number of nitrogens with two attached hydrogens (primary N) is 1. The van der Waals surface area contributed by atoms with Gasteiger partial charge in [0.2, 0.25) is 5.91 Å². The Kier molecular flexibility index (Phi) is 6.50. The molecule has 2 aliphatic rings. The lowest BCUT2D eigenvalue weighted by Gasteiger charge is -2.36. The molecule has 1 aromatic heterocycles. The third kappa shape index (κ3) is 4.67. The van der Waals surface area contributed by atoms with Gasteiger partial charge in [-0.05, 0) is 55.7 Å². The number of fused-ring (bicyclic) bond motifs is 1. The Bertz CT molecular complexity index is 777. The first-order valence-electron chi connectivity index (χ1n) is 10.5. The maximum atomic E-state index is 11.2. The van der Waals surface area contributed by atoms with Crippen molar-refractivity contribution in [3.05, 3.63) is 29.6 Å². The van der Waals surface area contributed by atoms with Crippen molar-refractivity contribution < 1.29 is 9.53 Å². The van der Waals surface area contributed by atoms with Crippen LogP contribution in [0.5, 0.6) is 0 Å². The van der Waals surface area contributed by atoms with Crippen molar-refractivity contribution in [3.63, 3.8) is 0 Å². The summed E-state index contributed by atoms with van der Waals surface area (Å²) in [6, 6.07) is 8.89. The van der Waals surface area contributed by atoms with Crippen molar-refractivity contribution in [1.82, 2.24) is 4.90 Å². The van der Waals surface area contributed by atoms with Crippen LogP contribution in [-0.4, -0.2) is 56.2 Å². The Labute approximate surface area is 171 Å². The second kappa shape index (κ2) is 9.25. The zero-order chi connectivity index (χ0) is 19.3. The standard InChI is InChI=1S/C22H31N3O2S/c23-22(26)17-5-7-18(8-6-17)27-15-2-10-24-11-13-25(14-12-24)20-3-1-4-21-19(20)9-16-28-21/h1,3-4,9,16-18H,2,5-8,10-15H2,(H2,23,26). The van der Waals surface area contributed by atoms with Gasteiger partial charge in [0, 0.05) is 61.0 Å². The molecule has 1 saturated carbocycles. The van der Waals surface area contributed by atoms with Crippen molar-refractivity contribution >= 4 is 33.0 Å². The summed E-state index contributed by atoms with van der Waals surface area (Å²) in [4.78, 5) is 16.3. The number of carbonyl (C=O) groups excluding carboxylic acids is 1. The maximum absolute atomic E-state index is 11.2. The van der Waals surface area contributed by atoms with Gasteiger partial charge in [0.1, 0.15) is 0 Å². The third-order valence-electron chi connectivity index (χ3n) is 6.23. The summed E-state index contributed by atoms with van der Waals surface area (Å²) >= 11 is 1.82. The average molecular weight is 402 g/mol. The number of benzene rings is 1. The smallest absolute Gasteiger partial charge is 0.220 e. The summed E-state index contributed by atoms with van der Waals surface area (Å²) in [6.45, 7) is 6.34. The molecule has 2 heterocycles. The van der Waals surface area contributed by atoms with Crippen LogP contribution in [0.2, 0.25) is 0 Å². The van der Waals surface area contributed by atoms with Crippen molar-refractivity contribution in [2.24, 2.45) is 11.7 Å². The van der Waals surface area contributed by atoms with Gasteiger partial charge in [-0.2, -0.15) is 0 Å². The summed E-state index contributed by atoms with van der Waals surface area (Å²) < 4.78 is 7.42. The molecule has 5 nitrogen and oxygen atoms in total. The number of hydrogen-bond donors (Lipinski definition) is 1. The molecule has 2 aromatic rings. The molecule has 0 bridgehead atoms. The Hall–Kier alpha value is -1.63. The molecule has 28 heavy (non-hydrogen) atoms. The van der Waals surface area contributed by atoms with E-state index in [1.807, 2.05) is 11.3 Å². The molecule has 0 radical (unpaired) electrons. The number of piperazine rings is 1. The molecule has 2 fully saturated rings. The van der Waals surface area contributed by atoms with Crippen LogP contribution in [0.4, 0.5) is 5.69 Å². The van der Waals surface area contributed by atoms with Crippen molar-refractivity contribution in [3.8, 4) is 0 Å². The maximum Gasteiger partial charge on any atom is 0.220 e. The molecule has 1 aliphatic heterocycles.